The molecule has 0 saturated carbocycles. The van der Waals surface area contributed by atoms with E-state index in [0.717, 1.165) is 12.8 Å². The Balaban J connectivity index is 1.70. The van der Waals surface area contributed by atoms with Crippen molar-refractivity contribution < 1.29 is 21.3 Å². The fourth-order valence-corrected chi connectivity index (χ4v) is 17.2. The normalized spacial score (nSPS) is 16.4. The van der Waals surface area contributed by atoms with Crippen molar-refractivity contribution in [3.63, 3.8) is 0 Å². The van der Waals surface area contributed by atoms with Crippen LogP contribution in [0.2, 0.25) is 0 Å². The van der Waals surface area contributed by atoms with Crippen molar-refractivity contribution in [1.82, 2.24) is 0 Å². The summed E-state index contributed by atoms with van der Waals surface area (Å²) in [6.07, 6.45) is 7.40. The summed E-state index contributed by atoms with van der Waals surface area (Å²) < 4.78 is 4.01. The summed E-state index contributed by atoms with van der Waals surface area (Å²) in [7, 11) is 0. The predicted octanol–water partition coefficient (Wildman–Crippen LogP) is 12.1. The van der Waals surface area contributed by atoms with Crippen molar-refractivity contribution in [2.75, 3.05) is 0 Å². The number of fused-ring (bicyclic) bond motifs is 3. The van der Waals surface area contributed by atoms with Crippen LogP contribution >= 0.6 is 0 Å². The summed E-state index contributed by atoms with van der Waals surface area (Å²) in [5.74, 6) is 0.462. The molecule has 0 heterocycles. The Hall–Kier alpha value is -2.89. The zero-order chi connectivity index (χ0) is 33.7. The summed E-state index contributed by atoms with van der Waals surface area (Å²) in [6.45, 7) is 23.9. The van der Waals surface area contributed by atoms with Crippen LogP contribution < -0.4 is 0 Å². The number of benzene rings is 4. The van der Waals surface area contributed by atoms with Gasteiger partial charge < -0.3 is 0 Å². The predicted molar refractivity (Wildman–Crippen MR) is 201 cm³/mol. The second-order valence-electron chi connectivity index (χ2n) is 17.1. The Morgan fingerprint density at radius 2 is 1.02 bits per heavy atom. The Morgan fingerprint density at radius 3 is 1.40 bits per heavy atom. The molecule has 0 nitrogen and oxygen atoms in total. The summed E-state index contributed by atoms with van der Waals surface area (Å²) in [5.41, 5.74) is 13.7. The first-order chi connectivity index (χ1) is 22.1. The van der Waals surface area contributed by atoms with Crippen LogP contribution in [0.5, 0.6) is 0 Å². The third kappa shape index (κ3) is 7.13. The van der Waals surface area contributed by atoms with Gasteiger partial charge >= 0.3 is 295 Å². The molecule has 0 bridgehead atoms. The molecule has 0 N–H and O–H groups in total. The SMILES string of the molecule is CC1C=C(C(C)(C)C)C=[C]1[Zr](=[C](Cc1ccccc1)Cc1ccccc1)[CH]1c2cc(C(C)(C)C)ccc2-c2ccc(C(C)(C)C)cc21. The van der Waals surface area contributed by atoms with Crippen LogP contribution in [0.3, 0.4) is 0 Å². The van der Waals surface area contributed by atoms with Crippen molar-refractivity contribution >= 4 is 3.21 Å². The van der Waals surface area contributed by atoms with Crippen molar-refractivity contribution in [3.05, 3.63) is 151 Å². The van der Waals surface area contributed by atoms with Crippen molar-refractivity contribution in [3.8, 4) is 11.1 Å². The van der Waals surface area contributed by atoms with Crippen LogP contribution in [-0.2, 0) is 44.9 Å². The molecule has 1 unspecified atom stereocenters. The first-order valence-corrected chi connectivity index (χ1v) is 21.5. The second kappa shape index (κ2) is 12.9. The van der Waals surface area contributed by atoms with Crippen LogP contribution in [0, 0.1) is 11.3 Å². The van der Waals surface area contributed by atoms with Crippen LogP contribution in [0.25, 0.3) is 11.1 Å². The maximum absolute atomic E-state index is 2.74. The molecule has 0 radical (unpaired) electrons. The van der Waals surface area contributed by atoms with Crippen LogP contribution in [0.1, 0.15) is 106 Å². The third-order valence-corrected chi connectivity index (χ3v) is 19.0. The van der Waals surface area contributed by atoms with Gasteiger partial charge in [-0.3, -0.25) is 0 Å². The number of rotatable bonds is 6. The van der Waals surface area contributed by atoms with Crippen LogP contribution in [0.4, 0.5) is 0 Å². The molecule has 1 heteroatoms. The van der Waals surface area contributed by atoms with Crippen molar-refractivity contribution in [2.45, 2.75) is 96.5 Å². The van der Waals surface area contributed by atoms with Gasteiger partial charge in [0.25, 0.3) is 0 Å². The molecular weight excluding hydrogens is 644 g/mol. The van der Waals surface area contributed by atoms with E-state index < -0.39 is 21.3 Å². The molecule has 0 aliphatic heterocycles. The van der Waals surface area contributed by atoms with E-state index in [1.807, 2.05) is 0 Å². The fraction of sp³-hybridized carbons (Fsp3) is 0.370. The Kier molecular flexibility index (Phi) is 9.30. The van der Waals surface area contributed by atoms with Gasteiger partial charge in [-0.1, -0.05) is 0 Å². The Bertz CT molecular complexity index is 1750. The average molecular weight is 698 g/mol. The number of hydrogen-bond donors (Lipinski definition) is 0. The summed E-state index contributed by atoms with van der Waals surface area (Å²) in [6, 6.07) is 37.6. The molecule has 0 aromatic heterocycles. The molecule has 1 atom stereocenters. The Morgan fingerprint density at radius 1 is 0.574 bits per heavy atom. The van der Waals surface area contributed by atoms with Crippen LogP contribution in [0.15, 0.2) is 118 Å². The molecule has 2 aliphatic carbocycles. The molecule has 2 aliphatic rings. The average Bonchev–Trinajstić information content (AvgIpc) is 3.55. The summed E-state index contributed by atoms with van der Waals surface area (Å²) in [5, 5.41) is 0. The van der Waals surface area contributed by atoms with Gasteiger partial charge in [0.15, 0.2) is 0 Å². The van der Waals surface area contributed by atoms with Gasteiger partial charge in [-0.05, 0) is 0 Å². The molecule has 0 spiro atoms. The van der Waals surface area contributed by atoms with E-state index in [1.165, 1.54) is 39.0 Å². The minimum atomic E-state index is -2.74. The molecule has 4 aromatic rings. The van der Waals surface area contributed by atoms with E-state index in [9.17, 15) is 0 Å². The maximum atomic E-state index is 2.69. The standard InChI is InChI=1S/C21H25.C15H14.C10H15.Zr/c1-20(2,3)16-7-9-18-14(12-16)11-15-13-17(21(4,5)6)8-10-19(15)18;1-3-8-14(9-4-1)12-7-13-15-10-5-2-6-11-15;1-8-5-6-9(7-8)10(2,3)4;/h7-13H,1-6H3;1-6,8-11H,12-13H2;6-8H,1-4H3;. The molecule has 0 amide bonds. The molecule has 47 heavy (non-hydrogen) atoms. The second-order valence-corrected chi connectivity index (χ2v) is 23.7. The van der Waals surface area contributed by atoms with E-state index in [4.69, 9.17) is 0 Å². The van der Waals surface area contributed by atoms with Gasteiger partial charge in [0, 0.05) is 0 Å². The van der Waals surface area contributed by atoms with Crippen molar-refractivity contribution in [2.24, 2.45) is 11.3 Å². The summed E-state index contributed by atoms with van der Waals surface area (Å²) >= 11 is -2.74. The zero-order valence-corrected chi connectivity index (χ0v) is 32.9. The van der Waals surface area contributed by atoms with E-state index in [1.54, 1.807) is 17.6 Å². The van der Waals surface area contributed by atoms with Gasteiger partial charge in [0.05, 0.1) is 0 Å². The van der Waals surface area contributed by atoms with Gasteiger partial charge in [-0.2, -0.15) is 0 Å². The fourth-order valence-electron chi connectivity index (χ4n) is 7.51. The molecular formula is C46H54Zr. The number of allylic oxidation sites excluding steroid dienone is 4. The quantitative estimate of drug-likeness (QED) is 0.188. The zero-order valence-electron chi connectivity index (χ0n) is 30.5. The molecule has 0 fully saturated rings. The van der Waals surface area contributed by atoms with Gasteiger partial charge in [0.2, 0.25) is 0 Å². The first kappa shape index (κ1) is 34.0. The first-order valence-electron chi connectivity index (χ1n) is 17.6. The summed E-state index contributed by atoms with van der Waals surface area (Å²) in [4.78, 5) is 0. The molecule has 4 aromatic carbocycles. The van der Waals surface area contributed by atoms with E-state index in [-0.39, 0.29) is 16.2 Å². The topological polar surface area (TPSA) is 0 Å². The van der Waals surface area contributed by atoms with E-state index >= 15 is 0 Å². The van der Waals surface area contributed by atoms with Gasteiger partial charge in [-0.15, -0.1) is 0 Å². The monoisotopic (exact) mass is 696 g/mol. The Labute approximate surface area is 293 Å². The third-order valence-electron chi connectivity index (χ3n) is 10.3. The number of hydrogen-bond acceptors (Lipinski definition) is 0. The minimum absolute atomic E-state index is 0.0932. The molecule has 6 rings (SSSR count). The van der Waals surface area contributed by atoms with Crippen molar-refractivity contribution in [1.29, 1.82) is 0 Å². The molecule has 242 valence electrons. The van der Waals surface area contributed by atoms with Gasteiger partial charge in [0.1, 0.15) is 0 Å². The van der Waals surface area contributed by atoms with E-state index in [0.29, 0.717) is 9.54 Å². The van der Waals surface area contributed by atoms with E-state index in [2.05, 4.69) is 178 Å². The molecule has 0 saturated heterocycles. The van der Waals surface area contributed by atoms with Crippen LogP contribution in [-0.4, -0.2) is 3.21 Å². The van der Waals surface area contributed by atoms with Gasteiger partial charge in [-0.25, -0.2) is 0 Å².